The molecular formula is C21H22F3NO8. The first-order valence-corrected chi connectivity index (χ1v) is 9.91. The molecule has 2 saturated heterocycles. The molecule has 0 aromatic heterocycles. The number of alkyl halides is 3. The van der Waals surface area contributed by atoms with E-state index in [-0.39, 0.29) is 18.6 Å². The van der Waals surface area contributed by atoms with Gasteiger partial charge in [0.2, 0.25) is 0 Å². The molecule has 2 bridgehead atoms. The van der Waals surface area contributed by atoms with Gasteiger partial charge in [-0.25, -0.2) is 9.59 Å². The summed E-state index contributed by atoms with van der Waals surface area (Å²) in [5.41, 5.74) is -4.03. The fourth-order valence-electron chi connectivity index (χ4n) is 4.43. The minimum atomic E-state index is -5.23. The number of benzene rings is 1. The average Bonchev–Trinajstić information content (AvgIpc) is 2.92. The van der Waals surface area contributed by atoms with Gasteiger partial charge in [-0.2, -0.15) is 13.2 Å². The Hall–Kier alpha value is -3.15. The van der Waals surface area contributed by atoms with E-state index in [0.29, 0.717) is 7.11 Å². The van der Waals surface area contributed by atoms with Crippen LogP contribution < -0.4 is 0 Å². The molecule has 0 N–H and O–H groups in total. The normalized spacial score (nSPS) is 26.4. The van der Waals surface area contributed by atoms with Crippen LogP contribution in [0.25, 0.3) is 0 Å². The van der Waals surface area contributed by atoms with Gasteiger partial charge < -0.3 is 18.9 Å². The van der Waals surface area contributed by atoms with Gasteiger partial charge >= 0.3 is 24.2 Å². The molecule has 0 saturated carbocycles. The predicted molar refractivity (Wildman–Crippen MR) is 103 cm³/mol. The van der Waals surface area contributed by atoms with Crippen LogP contribution in [0, 0.1) is 0 Å². The van der Waals surface area contributed by atoms with Crippen molar-refractivity contribution in [2.75, 3.05) is 14.2 Å². The van der Waals surface area contributed by atoms with Crippen LogP contribution in [0.3, 0.4) is 0 Å². The monoisotopic (exact) mass is 473 g/mol. The number of methoxy groups -OCH3 is 2. The highest BCUT2D eigenvalue weighted by Gasteiger charge is 2.66. The Balaban J connectivity index is 2.05. The summed E-state index contributed by atoms with van der Waals surface area (Å²) in [5, 5.41) is 0. The molecule has 2 aliphatic rings. The van der Waals surface area contributed by atoms with Gasteiger partial charge in [0.15, 0.2) is 12.2 Å². The van der Waals surface area contributed by atoms with E-state index in [1.54, 1.807) is 0 Å². The maximum absolute atomic E-state index is 14.2. The molecule has 2 fully saturated rings. The molecule has 0 unspecified atom stereocenters. The highest BCUT2D eigenvalue weighted by atomic mass is 19.4. The first-order valence-electron chi connectivity index (χ1n) is 9.91. The molecule has 0 aliphatic carbocycles. The number of fused-ring (bicyclic) bond motifs is 2. The summed E-state index contributed by atoms with van der Waals surface area (Å²) in [5.74, 6) is -2.99. The van der Waals surface area contributed by atoms with Gasteiger partial charge in [0.05, 0.1) is 19.2 Å². The number of nitrogens with zero attached hydrogens (tertiary/aromatic N) is 1. The maximum Gasteiger partial charge on any atom is 0.432 e. The largest absolute Gasteiger partial charge is 0.456 e. The number of halogens is 3. The second-order valence-corrected chi connectivity index (χ2v) is 7.65. The third-order valence-corrected chi connectivity index (χ3v) is 5.77. The quantitative estimate of drug-likeness (QED) is 0.473. The predicted octanol–water partition coefficient (Wildman–Crippen LogP) is 2.12. The molecule has 0 spiro atoms. The highest BCUT2D eigenvalue weighted by molar-refractivity contribution is 5.86. The molecule has 9 nitrogen and oxygen atoms in total. The van der Waals surface area contributed by atoms with E-state index < -0.39 is 59.7 Å². The van der Waals surface area contributed by atoms with Crippen molar-refractivity contribution in [3.63, 3.8) is 0 Å². The summed E-state index contributed by atoms with van der Waals surface area (Å²) in [6, 6.07) is 3.91. The minimum Gasteiger partial charge on any atom is -0.456 e. The van der Waals surface area contributed by atoms with Crippen molar-refractivity contribution in [3.8, 4) is 0 Å². The fraction of sp³-hybridized carbons (Fsp3) is 0.524. The number of esters is 2. The Labute approximate surface area is 186 Å². The molecule has 12 heteroatoms. The second-order valence-electron chi connectivity index (χ2n) is 7.65. The Morgan fingerprint density at radius 2 is 1.52 bits per heavy atom. The van der Waals surface area contributed by atoms with Gasteiger partial charge in [-0.05, 0) is 0 Å². The molecule has 3 rings (SSSR count). The molecule has 1 amide bonds. The Bertz CT molecular complexity index is 937. The number of Topliss-reactive ketones (excluding diaryl/α,β-unsaturated/α-hetero) is 1. The smallest absolute Gasteiger partial charge is 0.432 e. The zero-order valence-corrected chi connectivity index (χ0v) is 18.0. The fourth-order valence-corrected chi connectivity index (χ4v) is 4.43. The van der Waals surface area contributed by atoms with Crippen molar-refractivity contribution in [3.05, 3.63) is 35.9 Å². The Morgan fingerprint density at radius 3 is 1.97 bits per heavy atom. The number of ketones is 1. The van der Waals surface area contributed by atoms with Crippen molar-refractivity contribution in [2.24, 2.45) is 0 Å². The van der Waals surface area contributed by atoms with Crippen molar-refractivity contribution in [2.45, 2.75) is 55.8 Å². The van der Waals surface area contributed by atoms with Gasteiger partial charge in [0, 0.05) is 32.4 Å². The van der Waals surface area contributed by atoms with Gasteiger partial charge in [-0.1, -0.05) is 30.3 Å². The number of hydrogen-bond acceptors (Lipinski definition) is 8. The molecule has 5 atom stereocenters. The lowest BCUT2D eigenvalue weighted by molar-refractivity contribution is -0.279. The lowest BCUT2D eigenvalue weighted by Crippen LogP contribution is -2.54. The zero-order valence-electron chi connectivity index (χ0n) is 18.0. The first-order chi connectivity index (χ1) is 15.5. The van der Waals surface area contributed by atoms with Crippen LogP contribution in [0.5, 0.6) is 0 Å². The summed E-state index contributed by atoms with van der Waals surface area (Å²) >= 11 is 0. The van der Waals surface area contributed by atoms with E-state index in [0.717, 1.165) is 31.1 Å². The number of carbonyl (C=O) groups is 4. The van der Waals surface area contributed by atoms with Crippen LogP contribution in [0.15, 0.2) is 30.3 Å². The standard InChI is InChI=1S/C21H22F3NO8/c1-11(26)32-16-14-9-13(27)10-15(25(14)19(29)30-2)17(16)33-18(28)20(31-3,21(22,23)24)12-7-5-4-6-8-12/h4-8,14-17H,9-10H2,1-3H3/t14-,15+,16-,17+,20+/m0/s1. The first kappa shape index (κ1) is 24.5. The minimum absolute atomic E-state index is 0.245. The number of carbonyl (C=O) groups excluding carboxylic acids is 4. The summed E-state index contributed by atoms with van der Waals surface area (Å²) in [7, 11) is 1.79. The number of hydrogen-bond donors (Lipinski definition) is 0. The van der Waals surface area contributed by atoms with E-state index in [9.17, 15) is 32.3 Å². The van der Waals surface area contributed by atoms with E-state index in [1.165, 1.54) is 18.2 Å². The molecular weight excluding hydrogens is 451 g/mol. The second kappa shape index (κ2) is 9.00. The molecule has 180 valence electrons. The number of ether oxygens (including phenoxy) is 4. The van der Waals surface area contributed by atoms with Crippen LogP contribution in [0.1, 0.15) is 25.3 Å². The van der Waals surface area contributed by atoms with Crippen molar-refractivity contribution in [1.82, 2.24) is 4.90 Å². The third-order valence-electron chi connectivity index (χ3n) is 5.77. The van der Waals surface area contributed by atoms with Crippen molar-refractivity contribution >= 4 is 23.8 Å². The lowest BCUT2D eigenvalue weighted by atomic mass is 9.92. The van der Waals surface area contributed by atoms with Crippen LogP contribution in [-0.2, 0) is 38.9 Å². The zero-order chi connectivity index (χ0) is 24.6. The SMILES string of the molecule is COC(=O)N1[C@@H]2CC(=O)C[C@H]1[C@H](OC(C)=O)[C@@H]2OC(=O)[C@](OC)(c1ccccc1)C(F)(F)F. The van der Waals surface area contributed by atoms with Crippen molar-refractivity contribution in [1.29, 1.82) is 0 Å². The Morgan fingerprint density at radius 1 is 0.970 bits per heavy atom. The van der Waals surface area contributed by atoms with Gasteiger partial charge in [-0.15, -0.1) is 0 Å². The maximum atomic E-state index is 14.2. The summed E-state index contributed by atoms with van der Waals surface area (Å²) in [4.78, 5) is 50.4. The molecule has 33 heavy (non-hydrogen) atoms. The van der Waals surface area contributed by atoms with Gasteiger partial charge in [-0.3, -0.25) is 14.5 Å². The average molecular weight is 473 g/mol. The topological polar surface area (TPSA) is 108 Å². The van der Waals surface area contributed by atoms with Gasteiger partial charge in [0.1, 0.15) is 5.78 Å². The summed E-state index contributed by atoms with van der Waals surface area (Å²) < 4.78 is 62.6. The van der Waals surface area contributed by atoms with Crippen molar-refractivity contribution < 1.29 is 51.3 Å². The number of rotatable bonds is 5. The molecule has 1 aromatic carbocycles. The van der Waals surface area contributed by atoms with E-state index in [1.807, 2.05) is 0 Å². The van der Waals surface area contributed by atoms with Crippen LogP contribution in [0.4, 0.5) is 18.0 Å². The number of piperidine rings is 1. The van der Waals surface area contributed by atoms with Gasteiger partial charge in [0.25, 0.3) is 5.60 Å². The lowest BCUT2D eigenvalue weighted by Gasteiger charge is -2.35. The number of amides is 1. The van der Waals surface area contributed by atoms with Crippen LogP contribution in [0.2, 0.25) is 0 Å². The van der Waals surface area contributed by atoms with E-state index in [4.69, 9.17) is 18.9 Å². The highest BCUT2D eigenvalue weighted by Crippen LogP contribution is 2.45. The summed E-state index contributed by atoms with van der Waals surface area (Å²) in [6.45, 7) is 1.05. The summed E-state index contributed by atoms with van der Waals surface area (Å²) in [6.07, 6.45) is -9.63. The van der Waals surface area contributed by atoms with E-state index >= 15 is 0 Å². The van der Waals surface area contributed by atoms with Crippen LogP contribution in [-0.4, -0.2) is 73.4 Å². The molecule has 2 heterocycles. The molecule has 0 radical (unpaired) electrons. The Kier molecular flexibility index (Phi) is 6.68. The molecule has 2 aliphatic heterocycles. The van der Waals surface area contributed by atoms with E-state index in [2.05, 4.69) is 0 Å². The van der Waals surface area contributed by atoms with Crippen LogP contribution >= 0.6 is 0 Å². The third kappa shape index (κ3) is 4.14. The molecule has 1 aromatic rings.